The number of aromatic nitrogens is 2. The van der Waals surface area contributed by atoms with Gasteiger partial charge in [0.15, 0.2) is 0 Å². The number of hydrogen-bond acceptors (Lipinski definition) is 2. The summed E-state index contributed by atoms with van der Waals surface area (Å²) < 4.78 is 2.35. The van der Waals surface area contributed by atoms with Crippen molar-refractivity contribution >= 4 is 0 Å². The highest BCUT2D eigenvalue weighted by molar-refractivity contribution is 4.96. The molecule has 1 N–H and O–H groups in total. The second kappa shape index (κ2) is 4.21. The third-order valence-electron chi connectivity index (χ3n) is 4.45. The summed E-state index contributed by atoms with van der Waals surface area (Å²) in [6, 6.07) is 0. The Morgan fingerprint density at radius 1 is 1.44 bits per heavy atom. The summed E-state index contributed by atoms with van der Waals surface area (Å²) in [5, 5.41) is 3.19. The first kappa shape index (κ1) is 10.3. The summed E-state index contributed by atoms with van der Waals surface area (Å²) in [7, 11) is 1.98. The third kappa shape index (κ3) is 1.77. The number of fused-ring (bicyclic) bond motifs is 2. The van der Waals surface area contributed by atoms with Gasteiger partial charge < -0.3 is 9.88 Å². The lowest BCUT2D eigenvalue weighted by molar-refractivity contribution is 0.292. The molecule has 1 aromatic rings. The van der Waals surface area contributed by atoms with Gasteiger partial charge in [0.05, 0.1) is 6.54 Å². The average Bonchev–Trinajstić information content (AvgIpc) is 2.96. The molecule has 3 atom stereocenters. The molecule has 0 spiro atoms. The second-order valence-corrected chi connectivity index (χ2v) is 5.46. The van der Waals surface area contributed by atoms with Crippen molar-refractivity contribution < 1.29 is 0 Å². The summed E-state index contributed by atoms with van der Waals surface area (Å²) in [6.45, 7) is 2.08. The molecule has 2 bridgehead atoms. The minimum atomic E-state index is 0.883. The Labute approximate surface area is 97.3 Å². The van der Waals surface area contributed by atoms with Crippen LogP contribution in [0.4, 0.5) is 0 Å². The van der Waals surface area contributed by atoms with Gasteiger partial charge >= 0.3 is 0 Å². The highest BCUT2D eigenvalue weighted by Gasteiger charge is 2.39. The predicted octanol–water partition coefficient (Wildman–Crippen LogP) is 2.04. The molecule has 3 unspecified atom stereocenters. The second-order valence-electron chi connectivity index (χ2n) is 5.46. The molecule has 2 saturated carbocycles. The van der Waals surface area contributed by atoms with Crippen molar-refractivity contribution in [1.82, 2.24) is 14.9 Å². The van der Waals surface area contributed by atoms with E-state index in [2.05, 4.69) is 21.1 Å². The number of rotatable bonds is 4. The van der Waals surface area contributed by atoms with Gasteiger partial charge in [0.25, 0.3) is 0 Å². The Morgan fingerprint density at radius 2 is 2.38 bits per heavy atom. The fourth-order valence-corrected chi connectivity index (χ4v) is 3.68. The highest BCUT2D eigenvalue weighted by atomic mass is 15.1. The Hall–Kier alpha value is -0.830. The fourth-order valence-electron chi connectivity index (χ4n) is 3.68. The van der Waals surface area contributed by atoms with E-state index in [1.54, 1.807) is 0 Å². The fraction of sp³-hybridized carbons (Fsp3) is 0.769. The summed E-state index contributed by atoms with van der Waals surface area (Å²) in [6.07, 6.45) is 10.0. The van der Waals surface area contributed by atoms with Gasteiger partial charge in [0.1, 0.15) is 5.82 Å². The van der Waals surface area contributed by atoms with Gasteiger partial charge in [-0.3, -0.25) is 0 Å². The van der Waals surface area contributed by atoms with Crippen LogP contribution in [-0.2, 0) is 13.1 Å². The number of hydrogen-bond donors (Lipinski definition) is 1. The first-order valence-electron chi connectivity index (χ1n) is 6.51. The molecule has 16 heavy (non-hydrogen) atoms. The first-order chi connectivity index (χ1) is 7.86. The largest absolute Gasteiger partial charge is 0.334 e. The maximum atomic E-state index is 4.41. The van der Waals surface area contributed by atoms with Crippen LogP contribution in [0.15, 0.2) is 12.4 Å². The van der Waals surface area contributed by atoms with Crippen molar-refractivity contribution in [3.63, 3.8) is 0 Å². The van der Waals surface area contributed by atoms with Gasteiger partial charge in [0.2, 0.25) is 0 Å². The van der Waals surface area contributed by atoms with Crippen molar-refractivity contribution in [2.24, 2.45) is 17.8 Å². The third-order valence-corrected chi connectivity index (χ3v) is 4.45. The smallest absolute Gasteiger partial charge is 0.122 e. The van der Waals surface area contributed by atoms with Crippen LogP contribution in [0.2, 0.25) is 0 Å². The molecule has 0 radical (unpaired) electrons. The predicted molar refractivity (Wildman–Crippen MR) is 63.9 cm³/mol. The molecule has 0 aliphatic heterocycles. The normalized spacial score (nSPS) is 32.4. The summed E-state index contributed by atoms with van der Waals surface area (Å²) in [5.41, 5.74) is 0. The lowest BCUT2D eigenvalue weighted by Crippen LogP contribution is -2.20. The zero-order valence-electron chi connectivity index (χ0n) is 10.0. The molecule has 2 fully saturated rings. The van der Waals surface area contributed by atoms with Gasteiger partial charge in [-0.25, -0.2) is 4.98 Å². The van der Waals surface area contributed by atoms with Crippen LogP contribution in [0.1, 0.15) is 31.5 Å². The van der Waals surface area contributed by atoms with Crippen molar-refractivity contribution in [1.29, 1.82) is 0 Å². The molecule has 88 valence electrons. The van der Waals surface area contributed by atoms with E-state index in [1.807, 2.05) is 13.2 Å². The summed E-state index contributed by atoms with van der Waals surface area (Å²) in [5.74, 6) is 4.16. The minimum Gasteiger partial charge on any atom is -0.334 e. The van der Waals surface area contributed by atoms with Gasteiger partial charge in [-0.15, -0.1) is 0 Å². The molecule has 1 aromatic heterocycles. The van der Waals surface area contributed by atoms with Gasteiger partial charge in [0, 0.05) is 18.9 Å². The lowest BCUT2D eigenvalue weighted by Gasteiger charge is -2.22. The Kier molecular flexibility index (Phi) is 2.72. The molecule has 1 heterocycles. The average molecular weight is 219 g/mol. The SMILES string of the molecule is CNCc1nccn1CC1CC2CCC1C2. The summed E-state index contributed by atoms with van der Waals surface area (Å²) >= 11 is 0. The molecule has 2 aliphatic rings. The van der Waals surface area contributed by atoms with Crippen molar-refractivity contribution in [2.45, 2.75) is 38.8 Å². The monoisotopic (exact) mass is 219 g/mol. The van der Waals surface area contributed by atoms with Crippen LogP contribution in [0.5, 0.6) is 0 Å². The van der Waals surface area contributed by atoms with E-state index in [0.29, 0.717) is 0 Å². The van der Waals surface area contributed by atoms with Gasteiger partial charge in [-0.05, 0) is 44.1 Å². The Morgan fingerprint density at radius 3 is 3.06 bits per heavy atom. The quantitative estimate of drug-likeness (QED) is 0.840. The minimum absolute atomic E-state index is 0.883. The maximum Gasteiger partial charge on any atom is 0.122 e. The van der Waals surface area contributed by atoms with Crippen LogP contribution >= 0.6 is 0 Å². The molecule has 2 aliphatic carbocycles. The van der Waals surface area contributed by atoms with Crippen LogP contribution < -0.4 is 5.32 Å². The van der Waals surface area contributed by atoms with E-state index in [9.17, 15) is 0 Å². The zero-order chi connectivity index (χ0) is 11.0. The summed E-state index contributed by atoms with van der Waals surface area (Å²) in [4.78, 5) is 4.41. The van der Waals surface area contributed by atoms with E-state index in [-0.39, 0.29) is 0 Å². The Balaban J connectivity index is 1.67. The van der Waals surface area contributed by atoms with E-state index in [4.69, 9.17) is 0 Å². The van der Waals surface area contributed by atoms with E-state index in [1.165, 1.54) is 38.1 Å². The number of nitrogens with one attached hydrogen (secondary N) is 1. The molecule has 0 saturated heterocycles. The zero-order valence-corrected chi connectivity index (χ0v) is 10.0. The topological polar surface area (TPSA) is 29.9 Å². The standard InChI is InChI=1S/C13H21N3/c1-14-8-13-15-4-5-16(13)9-12-7-10-2-3-11(12)6-10/h4-5,10-12,14H,2-3,6-9H2,1H3. The highest BCUT2D eigenvalue weighted by Crippen LogP contribution is 2.48. The lowest BCUT2D eigenvalue weighted by atomic mass is 9.89. The van der Waals surface area contributed by atoms with Crippen LogP contribution in [0.25, 0.3) is 0 Å². The van der Waals surface area contributed by atoms with Crippen molar-refractivity contribution in [3.8, 4) is 0 Å². The van der Waals surface area contributed by atoms with E-state index in [0.717, 1.165) is 24.3 Å². The maximum absolute atomic E-state index is 4.41. The van der Waals surface area contributed by atoms with Crippen LogP contribution in [0.3, 0.4) is 0 Å². The molecule has 0 aromatic carbocycles. The van der Waals surface area contributed by atoms with Crippen LogP contribution in [-0.4, -0.2) is 16.6 Å². The number of imidazole rings is 1. The Bertz CT molecular complexity index is 358. The van der Waals surface area contributed by atoms with Crippen LogP contribution in [0, 0.1) is 17.8 Å². The molecular weight excluding hydrogens is 198 g/mol. The van der Waals surface area contributed by atoms with Crippen molar-refractivity contribution in [2.75, 3.05) is 7.05 Å². The first-order valence-corrected chi connectivity index (χ1v) is 6.51. The number of nitrogens with zero attached hydrogens (tertiary/aromatic N) is 2. The molecule has 3 rings (SSSR count). The van der Waals surface area contributed by atoms with Gasteiger partial charge in [-0.2, -0.15) is 0 Å². The van der Waals surface area contributed by atoms with E-state index >= 15 is 0 Å². The molecule has 3 heteroatoms. The molecular formula is C13H21N3. The molecule has 3 nitrogen and oxygen atoms in total. The van der Waals surface area contributed by atoms with Gasteiger partial charge in [-0.1, -0.05) is 6.42 Å². The molecule has 0 amide bonds. The van der Waals surface area contributed by atoms with Crippen molar-refractivity contribution in [3.05, 3.63) is 18.2 Å². The van der Waals surface area contributed by atoms with E-state index < -0.39 is 0 Å².